The molecule has 8 nitrogen and oxygen atoms in total. The highest BCUT2D eigenvalue weighted by atomic mass is 16.6. The van der Waals surface area contributed by atoms with Gasteiger partial charge in [-0.2, -0.15) is 0 Å². The number of nitrogens with zero attached hydrogens (tertiary/aromatic N) is 1. The second-order valence-electron chi connectivity index (χ2n) is 5.97. The number of cyclic esters (lactones) is 1. The summed E-state index contributed by atoms with van der Waals surface area (Å²) in [5.41, 5.74) is 5.75. The van der Waals surface area contributed by atoms with Crippen molar-refractivity contribution >= 4 is 22.8 Å². The van der Waals surface area contributed by atoms with E-state index in [9.17, 15) is 9.59 Å². The lowest BCUT2D eigenvalue weighted by molar-refractivity contribution is 0.0994. The number of pyridine rings is 1. The van der Waals surface area contributed by atoms with Crippen molar-refractivity contribution in [1.82, 2.24) is 10.3 Å². The monoisotopic (exact) mass is 345 g/mol. The van der Waals surface area contributed by atoms with Gasteiger partial charge in [0, 0.05) is 11.6 Å². The summed E-state index contributed by atoms with van der Waals surface area (Å²) in [5.74, 6) is 0.191. The van der Waals surface area contributed by atoms with Crippen LogP contribution in [0.1, 0.15) is 24.2 Å². The summed E-state index contributed by atoms with van der Waals surface area (Å²) < 4.78 is 16.3. The summed E-state index contributed by atoms with van der Waals surface area (Å²) in [7, 11) is 0. The lowest BCUT2D eigenvalue weighted by Crippen LogP contribution is -2.32. The van der Waals surface area contributed by atoms with Crippen molar-refractivity contribution in [2.45, 2.75) is 26.0 Å². The summed E-state index contributed by atoms with van der Waals surface area (Å²) >= 11 is 0. The van der Waals surface area contributed by atoms with E-state index in [4.69, 9.17) is 19.9 Å². The molecule has 0 saturated carbocycles. The van der Waals surface area contributed by atoms with Gasteiger partial charge in [-0.3, -0.25) is 4.79 Å². The topological polar surface area (TPSA) is 113 Å². The highest BCUT2D eigenvalue weighted by Gasteiger charge is 2.23. The Morgan fingerprint density at radius 2 is 2.28 bits per heavy atom. The molecule has 1 fully saturated rings. The number of carbonyl (C=O) groups is 2. The molecular weight excluding hydrogens is 326 g/mol. The fourth-order valence-electron chi connectivity index (χ4n) is 2.53. The molecular formula is C17H19N3O5. The fourth-order valence-corrected chi connectivity index (χ4v) is 2.53. The standard InChI is InChI=1S/C17H19N3O5/c1-9(2)25-14-6-12-10(5-13(14)15(18)21)3-4-19-16(12)23-7-11-8-24-17(22)20-11/h3-6,9,11H,7-8H2,1-2H3,(H2,18,21)(H,20,22). The van der Waals surface area contributed by atoms with Crippen LogP contribution in [0.4, 0.5) is 4.79 Å². The molecule has 1 aromatic heterocycles. The molecule has 2 aromatic rings. The molecule has 3 rings (SSSR count). The minimum Gasteiger partial charge on any atom is -0.490 e. The van der Waals surface area contributed by atoms with E-state index in [0.29, 0.717) is 22.6 Å². The van der Waals surface area contributed by atoms with Crippen LogP contribution in [0.3, 0.4) is 0 Å². The number of aromatic nitrogens is 1. The summed E-state index contributed by atoms with van der Waals surface area (Å²) in [6.45, 7) is 4.18. The molecule has 1 aliphatic rings. The largest absolute Gasteiger partial charge is 0.490 e. The Bertz CT molecular complexity index is 821. The molecule has 0 bridgehead atoms. The third kappa shape index (κ3) is 3.73. The molecule has 1 aliphatic heterocycles. The summed E-state index contributed by atoms with van der Waals surface area (Å²) in [4.78, 5) is 27.0. The number of amides is 2. The Kier molecular flexibility index (Phi) is 4.60. The first-order chi connectivity index (χ1) is 11.9. The zero-order valence-corrected chi connectivity index (χ0v) is 13.9. The number of nitrogens with two attached hydrogens (primary N) is 1. The van der Waals surface area contributed by atoms with Gasteiger partial charge >= 0.3 is 6.09 Å². The van der Waals surface area contributed by atoms with Crippen LogP contribution < -0.4 is 20.5 Å². The molecule has 1 aromatic carbocycles. The highest BCUT2D eigenvalue weighted by molar-refractivity contribution is 6.01. The summed E-state index contributed by atoms with van der Waals surface area (Å²) in [5, 5.41) is 4.07. The number of carbonyl (C=O) groups excluding carboxylic acids is 2. The fraction of sp³-hybridized carbons (Fsp3) is 0.353. The normalized spacial score (nSPS) is 16.6. The van der Waals surface area contributed by atoms with E-state index in [1.807, 2.05) is 13.8 Å². The molecule has 8 heteroatoms. The number of rotatable bonds is 6. The van der Waals surface area contributed by atoms with E-state index < -0.39 is 12.0 Å². The Balaban J connectivity index is 1.93. The van der Waals surface area contributed by atoms with Crippen molar-refractivity contribution in [3.05, 3.63) is 30.0 Å². The Morgan fingerprint density at radius 1 is 1.48 bits per heavy atom. The third-order valence-corrected chi connectivity index (χ3v) is 3.61. The van der Waals surface area contributed by atoms with Gasteiger partial charge in [-0.15, -0.1) is 0 Å². The van der Waals surface area contributed by atoms with Gasteiger partial charge in [0.15, 0.2) is 0 Å². The summed E-state index contributed by atoms with van der Waals surface area (Å²) in [6.07, 6.45) is 0.996. The molecule has 1 saturated heterocycles. The van der Waals surface area contributed by atoms with Crippen LogP contribution in [0.25, 0.3) is 10.8 Å². The van der Waals surface area contributed by atoms with Crippen LogP contribution in [0, 0.1) is 0 Å². The van der Waals surface area contributed by atoms with Gasteiger partial charge in [-0.25, -0.2) is 9.78 Å². The van der Waals surface area contributed by atoms with Crippen LogP contribution in [0.5, 0.6) is 11.6 Å². The SMILES string of the molecule is CC(C)Oc1cc2c(OCC3COC(=O)N3)nccc2cc1C(N)=O. The van der Waals surface area contributed by atoms with Gasteiger partial charge in [0.1, 0.15) is 25.0 Å². The number of alkyl carbamates (subject to hydrolysis) is 1. The zero-order valence-electron chi connectivity index (χ0n) is 13.9. The van der Waals surface area contributed by atoms with E-state index in [1.54, 1.807) is 24.4 Å². The van der Waals surface area contributed by atoms with Gasteiger partial charge in [0.05, 0.1) is 11.7 Å². The van der Waals surface area contributed by atoms with Crippen LogP contribution >= 0.6 is 0 Å². The maximum absolute atomic E-state index is 11.7. The molecule has 132 valence electrons. The molecule has 2 heterocycles. The Labute approximate surface area is 144 Å². The summed E-state index contributed by atoms with van der Waals surface area (Å²) in [6, 6.07) is 4.88. The van der Waals surface area contributed by atoms with Crippen LogP contribution in [-0.2, 0) is 4.74 Å². The molecule has 0 aliphatic carbocycles. The first-order valence-corrected chi connectivity index (χ1v) is 7.89. The van der Waals surface area contributed by atoms with Crippen molar-refractivity contribution in [3.63, 3.8) is 0 Å². The van der Waals surface area contributed by atoms with E-state index >= 15 is 0 Å². The minimum atomic E-state index is -0.567. The van der Waals surface area contributed by atoms with Gasteiger partial charge in [-0.05, 0) is 37.4 Å². The van der Waals surface area contributed by atoms with Crippen molar-refractivity contribution in [1.29, 1.82) is 0 Å². The van der Waals surface area contributed by atoms with Crippen molar-refractivity contribution < 1.29 is 23.8 Å². The van der Waals surface area contributed by atoms with Crippen LogP contribution in [0.2, 0.25) is 0 Å². The first-order valence-electron chi connectivity index (χ1n) is 7.89. The molecule has 25 heavy (non-hydrogen) atoms. The number of ether oxygens (including phenoxy) is 3. The smallest absolute Gasteiger partial charge is 0.407 e. The van der Waals surface area contributed by atoms with Crippen molar-refractivity contribution in [3.8, 4) is 11.6 Å². The number of primary amides is 1. The van der Waals surface area contributed by atoms with E-state index in [-0.39, 0.29) is 25.4 Å². The van der Waals surface area contributed by atoms with Crippen LogP contribution in [0.15, 0.2) is 24.4 Å². The lowest BCUT2D eigenvalue weighted by Gasteiger charge is -2.16. The predicted molar refractivity (Wildman–Crippen MR) is 89.8 cm³/mol. The quantitative estimate of drug-likeness (QED) is 0.822. The number of nitrogens with one attached hydrogen (secondary N) is 1. The molecule has 2 amide bonds. The van der Waals surface area contributed by atoms with Crippen LogP contribution in [-0.4, -0.2) is 42.3 Å². The third-order valence-electron chi connectivity index (χ3n) is 3.61. The van der Waals surface area contributed by atoms with Gasteiger partial charge in [0.25, 0.3) is 5.91 Å². The van der Waals surface area contributed by atoms with Gasteiger partial charge in [0.2, 0.25) is 5.88 Å². The van der Waals surface area contributed by atoms with Crippen molar-refractivity contribution in [2.75, 3.05) is 13.2 Å². The Hall–Kier alpha value is -3.03. The molecule has 0 radical (unpaired) electrons. The highest BCUT2D eigenvalue weighted by Crippen LogP contribution is 2.31. The first kappa shape index (κ1) is 16.8. The van der Waals surface area contributed by atoms with Gasteiger partial charge < -0.3 is 25.3 Å². The van der Waals surface area contributed by atoms with Gasteiger partial charge in [-0.1, -0.05) is 0 Å². The molecule has 0 spiro atoms. The second-order valence-corrected chi connectivity index (χ2v) is 5.97. The zero-order chi connectivity index (χ0) is 18.0. The molecule has 1 atom stereocenters. The molecule has 3 N–H and O–H groups in total. The average Bonchev–Trinajstić information content (AvgIpc) is 2.97. The number of hydrogen-bond acceptors (Lipinski definition) is 6. The number of hydrogen-bond donors (Lipinski definition) is 2. The second kappa shape index (κ2) is 6.84. The van der Waals surface area contributed by atoms with E-state index in [0.717, 1.165) is 5.39 Å². The minimum absolute atomic E-state index is 0.123. The maximum atomic E-state index is 11.7. The number of fused-ring (bicyclic) bond motifs is 1. The molecule has 1 unspecified atom stereocenters. The lowest BCUT2D eigenvalue weighted by atomic mass is 10.1. The van der Waals surface area contributed by atoms with E-state index in [2.05, 4.69) is 10.3 Å². The Morgan fingerprint density at radius 3 is 2.92 bits per heavy atom. The predicted octanol–water partition coefficient (Wildman–Crippen LogP) is 1.61. The number of benzene rings is 1. The maximum Gasteiger partial charge on any atom is 0.407 e. The van der Waals surface area contributed by atoms with E-state index in [1.165, 1.54) is 0 Å². The van der Waals surface area contributed by atoms with Crippen molar-refractivity contribution in [2.24, 2.45) is 5.73 Å². The average molecular weight is 345 g/mol.